The van der Waals surface area contributed by atoms with Crippen LogP contribution in [0.4, 0.5) is 0 Å². The summed E-state index contributed by atoms with van der Waals surface area (Å²) in [5.41, 5.74) is 0.965. The predicted molar refractivity (Wildman–Crippen MR) is 76.7 cm³/mol. The van der Waals surface area contributed by atoms with Crippen molar-refractivity contribution >= 4 is 15.9 Å². The predicted octanol–water partition coefficient (Wildman–Crippen LogP) is 1.62. The van der Waals surface area contributed by atoms with E-state index in [-0.39, 0.29) is 4.90 Å². The lowest BCUT2D eigenvalue weighted by Crippen LogP contribution is -2.34. The fraction of sp³-hybridized carbons (Fsp3) is 0.692. The van der Waals surface area contributed by atoms with E-state index in [9.17, 15) is 13.2 Å². The maximum atomic E-state index is 12.3. The van der Waals surface area contributed by atoms with Crippen LogP contribution in [0.2, 0.25) is 0 Å². The van der Waals surface area contributed by atoms with Gasteiger partial charge in [-0.3, -0.25) is 9.48 Å². The van der Waals surface area contributed by atoms with E-state index < -0.39 is 21.8 Å². The number of aromatic nitrogens is 2. The van der Waals surface area contributed by atoms with Crippen LogP contribution in [0.15, 0.2) is 4.90 Å². The number of carbonyl (C=O) groups excluding carboxylic acids is 1. The Morgan fingerprint density at radius 3 is 2.25 bits per heavy atom. The molecule has 0 radical (unpaired) electrons. The van der Waals surface area contributed by atoms with Crippen LogP contribution in [0.1, 0.15) is 39.1 Å². The third-order valence-corrected chi connectivity index (χ3v) is 4.48. The van der Waals surface area contributed by atoms with Crippen molar-refractivity contribution < 1.29 is 13.2 Å². The molecule has 1 rings (SSSR count). The topological polar surface area (TPSA) is 81.1 Å². The molecule has 1 heterocycles. The molecule has 0 spiro atoms. The number of hydrogen-bond acceptors (Lipinski definition) is 4. The Hall–Kier alpha value is -1.37. The summed E-state index contributed by atoms with van der Waals surface area (Å²) in [5.74, 6) is -0.551. The summed E-state index contributed by atoms with van der Waals surface area (Å²) in [6, 6.07) is 0. The monoisotopic (exact) mass is 301 g/mol. The van der Waals surface area contributed by atoms with Crippen LogP contribution in [0.3, 0.4) is 0 Å². The molecule has 0 fully saturated rings. The summed E-state index contributed by atoms with van der Waals surface area (Å²) in [5, 5.41) is 4.25. The van der Waals surface area contributed by atoms with Crippen molar-refractivity contribution in [3.63, 3.8) is 0 Å². The van der Waals surface area contributed by atoms with Crippen LogP contribution in [0.25, 0.3) is 0 Å². The smallest absolute Gasteiger partial charge is 0.267 e. The minimum Gasteiger partial charge on any atom is -0.274 e. The van der Waals surface area contributed by atoms with Crippen LogP contribution < -0.4 is 4.72 Å². The second-order valence-corrected chi connectivity index (χ2v) is 7.32. The van der Waals surface area contributed by atoms with E-state index >= 15 is 0 Å². The maximum Gasteiger partial charge on any atom is 0.267 e. The van der Waals surface area contributed by atoms with E-state index in [0.29, 0.717) is 23.9 Å². The van der Waals surface area contributed by atoms with Gasteiger partial charge in [-0.05, 0) is 19.8 Å². The number of amides is 1. The zero-order chi connectivity index (χ0) is 15.7. The molecule has 0 saturated heterocycles. The first kappa shape index (κ1) is 16.7. The standard InChI is InChI=1S/C13H23N3O3S/c1-8(2)7-16-11(6)12(10(5)14-16)20(18,19)15-13(17)9(3)4/h8-9H,7H2,1-6H3,(H,15,17). The summed E-state index contributed by atoms with van der Waals surface area (Å²) >= 11 is 0. The highest BCUT2D eigenvalue weighted by Gasteiger charge is 2.27. The number of carbonyl (C=O) groups is 1. The van der Waals surface area contributed by atoms with E-state index in [0.717, 1.165) is 0 Å². The van der Waals surface area contributed by atoms with E-state index in [1.54, 1.807) is 32.4 Å². The van der Waals surface area contributed by atoms with Crippen LogP contribution in [0, 0.1) is 25.7 Å². The lowest BCUT2D eigenvalue weighted by Gasteiger charge is -2.10. The van der Waals surface area contributed by atoms with Gasteiger partial charge in [0.05, 0.1) is 11.4 Å². The number of aryl methyl sites for hydroxylation is 1. The van der Waals surface area contributed by atoms with Gasteiger partial charge in [0, 0.05) is 12.5 Å². The van der Waals surface area contributed by atoms with Crippen LogP contribution in [-0.4, -0.2) is 24.1 Å². The second kappa shape index (κ2) is 5.95. The molecular formula is C13H23N3O3S. The van der Waals surface area contributed by atoms with Gasteiger partial charge >= 0.3 is 0 Å². The molecule has 0 unspecified atom stereocenters. The van der Waals surface area contributed by atoms with Gasteiger partial charge in [-0.15, -0.1) is 0 Å². The maximum absolute atomic E-state index is 12.3. The molecule has 0 saturated carbocycles. The molecule has 0 aliphatic rings. The van der Waals surface area contributed by atoms with Crippen LogP contribution >= 0.6 is 0 Å². The Bertz CT molecular complexity index is 601. The molecule has 1 N–H and O–H groups in total. The first-order valence-corrected chi connectivity index (χ1v) is 8.15. The summed E-state index contributed by atoms with van der Waals surface area (Å²) in [7, 11) is -3.86. The van der Waals surface area contributed by atoms with Gasteiger partial charge in [0.15, 0.2) is 0 Å². The number of nitrogens with one attached hydrogen (secondary N) is 1. The molecule has 0 aromatic carbocycles. The summed E-state index contributed by atoms with van der Waals surface area (Å²) in [4.78, 5) is 11.7. The lowest BCUT2D eigenvalue weighted by atomic mass is 10.2. The van der Waals surface area contributed by atoms with Crippen molar-refractivity contribution in [2.45, 2.75) is 53.0 Å². The molecular weight excluding hydrogens is 278 g/mol. The van der Waals surface area contributed by atoms with Gasteiger partial charge in [-0.25, -0.2) is 13.1 Å². The average molecular weight is 301 g/mol. The zero-order valence-corrected chi connectivity index (χ0v) is 13.7. The second-order valence-electron chi connectivity index (χ2n) is 5.70. The summed E-state index contributed by atoms with van der Waals surface area (Å²) < 4.78 is 28.4. The van der Waals surface area contributed by atoms with E-state index in [4.69, 9.17) is 0 Å². The molecule has 114 valence electrons. The third kappa shape index (κ3) is 3.59. The van der Waals surface area contributed by atoms with Crippen molar-refractivity contribution in [3.8, 4) is 0 Å². The van der Waals surface area contributed by atoms with Crippen molar-refractivity contribution in [1.29, 1.82) is 0 Å². The molecule has 7 heteroatoms. The molecule has 1 aromatic heterocycles. The fourth-order valence-corrected chi connectivity index (χ4v) is 3.42. The molecule has 0 aliphatic carbocycles. The van der Waals surface area contributed by atoms with Crippen molar-refractivity contribution in [3.05, 3.63) is 11.4 Å². The minimum absolute atomic E-state index is 0.104. The Labute approximate surface area is 120 Å². The van der Waals surface area contributed by atoms with E-state index in [2.05, 4.69) is 9.82 Å². The van der Waals surface area contributed by atoms with Gasteiger partial charge < -0.3 is 0 Å². The van der Waals surface area contributed by atoms with Crippen LogP contribution in [-0.2, 0) is 21.4 Å². The fourth-order valence-electron chi connectivity index (χ4n) is 1.89. The van der Waals surface area contributed by atoms with Gasteiger partial charge in [0.25, 0.3) is 10.0 Å². The highest BCUT2D eigenvalue weighted by Crippen LogP contribution is 2.20. The molecule has 20 heavy (non-hydrogen) atoms. The molecule has 0 atom stereocenters. The molecule has 1 aromatic rings. The highest BCUT2D eigenvalue weighted by molar-refractivity contribution is 7.90. The number of rotatable bonds is 5. The van der Waals surface area contributed by atoms with Gasteiger partial charge in [0.2, 0.25) is 5.91 Å². The Morgan fingerprint density at radius 1 is 1.25 bits per heavy atom. The van der Waals surface area contributed by atoms with E-state index in [1.807, 2.05) is 13.8 Å². The largest absolute Gasteiger partial charge is 0.274 e. The van der Waals surface area contributed by atoms with E-state index in [1.165, 1.54) is 0 Å². The van der Waals surface area contributed by atoms with Gasteiger partial charge in [0.1, 0.15) is 4.90 Å². The number of nitrogens with zero attached hydrogens (tertiary/aromatic N) is 2. The first-order valence-electron chi connectivity index (χ1n) is 6.67. The third-order valence-electron chi connectivity index (χ3n) is 2.88. The highest BCUT2D eigenvalue weighted by atomic mass is 32.2. The first-order chi connectivity index (χ1) is 9.06. The number of hydrogen-bond donors (Lipinski definition) is 1. The van der Waals surface area contributed by atoms with Crippen LogP contribution in [0.5, 0.6) is 0 Å². The number of sulfonamides is 1. The van der Waals surface area contributed by atoms with Gasteiger partial charge in [-0.1, -0.05) is 27.7 Å². The van der Waals surface area contributed by atoms with Crippen molar-refractivity contribution in [2.75, 3.05) is 0 Å². The average Bonchev–Trinajstić information content (AvgIpc) is 2.52. The quantitative estimate of drug-likeness (QED) is 0.896. The Kier molecular flexibility index (Phi) is 4.96. The Morgan fingerprint density at radius 2 is 1.80 bits per heavy atom. The van der Waals surface area contributed by atoms with Gasteiger partial charge in [-0.2, -0.15) is 5.10 Å². The summed E-state index contributed by atoms with van der Waals surface area (Å²) in [6.07, 6.45) is 0. The minimum atomic E-state index is -3.86. The SMILES string of the molecule is Cc1nn(CC(C)C)c(C)c1S(=O)(=O)NC(=O)C(C)C. The Balaban J connectivity index is 3.19. The van der Waals surface area contributed by atoms with Crippen molar-refractivity contribution in [1.82, 2.24) is 14.5 Å². The molecule has 0 bridgehead atoms. The lowest BCUT2D eigenvalue weighted by molar-refractivity contribution is -0.122. The molecule has 0 aliphatic heterocycles. The molecule has 6 nitrogen and oxygen atoms in total. The zero-order valence-electron chi connectivity index (χ0n) is 12.9. The van der Waals surface area contributed by atoms with Crippen molar-refractivity contribution in [2.24, 2.45) is 11.8 Å². The summed E-state index contributed by atoms with van der Waals surface area (Å²) in [6.45, 7) is 11.3. The normalized spacial score (nSPS) is 12.2. The molecule has 1 amide bonds.